The van der Waals surface area contributed by atoms with Crippen LogP contribution in [0.4, 0.5) is 5.69 Å². The van der Waals surface area contributed by atoms with E-state index in [2.05, 4.69) is 62.1 Å². The van der Waals surface area contributed by atoms with E-state index >= 15 is 0 Å². The summed E-state index contributed by atoms with van der Waals surface area (Å²) in [5.74, 6) is 0. The van der Waals surface area contributed by atoms with Crippen molar-refractivity contribution < 1.29 is 4.57 Å². The van der Waals surface area contributed by atoms with E-state index in [1.165, 1.54) is 5.69 Å². The van der Waals surface area contributed by atoms with Crippen LogP contribution in [0.5, 0.6) is 0 Å². The van der Waals surface area contributed by atoms with Gasteiger partial charge in [-0.2, -0.15) is 0 Å². The maximum absolute atomic E-state index is 3.38. The lowest BCUT2D eigenvalue weighted by Crippen LogP contribution is -2.35. The Morgan fingerprint density at radius 1 is 1.23 bits per heavy atom. The van der Waals surface area contributed by atoms with E-state index in [1.807, 2.05) is 0 Å². The highest BCUT2D eigenvalue weighted by molar-refractivity contribution is 5.38. The second-order valence-electron chi connectivity index (χ2n) is 3.93. The van der Waals surface area contributed by atoms with Gasteiger partial charge in [0.15, 0.2) is 18.4 Å². The SMILES string of the molecule is CC(C)Nc1ccc[n+](C(C)C)c1. The third-order valence-corrected chi connectivity index (χ3v) is 1.87. The molecule has 1 aromatic heterocycles. The fourth-order valence-electron chi connectivity index (χ4n) is 1.23. The lowest BCUT2D eigenvalue weighted by atomic mass is 10.3. The number of pyridine rings is 1. The number of anilines is 1. The number of hydrogen-bond acceptors (Lipinski definition) is 1. The number of nitrogens with zero attached hydrogens (tertiary/aromatic N) is 1. The van der Waals surface area contributed by atoms with E-state index in [1.54, 1.807) is 0 Å². The lowest BCUT2D eigenvalue weighted by molar-refractivity contribution is -0.715. The van der Waals surface area contributed by atoms with Crippen LogP contribution in [0.1, 0.15) is 33.7 Å². The van der Waals surface area contributed by atoms with Crippen molar-refractivity contribution in [1.82, 2.24) is 0 Å². The maximum atomic E-state index is 3.38. The normalized spacial score (nSPS) is 10.9. The summed E-state index contributed by atoms with van der Waals surface area (Å²) in [6.45, 7) is 8.65. The Bertz CT molecular complexity index is 267. The third kappa shape index (κ3) is 3.05. The summed E-state index contributed by atoms with van der Waals surface area (Å²) in [7, 11) is 0. The first-order valence-corrected chi connectivity index (χ1v) is 4.87. The zero-order valence-corrected chi connectivity index (χ0v) is 8.91. The molecular formula is C11H19N2+. The van der Waals surface area contributed by atoms with Gasteiger partial charge in [-0.1, -0.05) is 0 Å². The molecule has 2 heteroatoms. The first-order valence-electron chi connectivity index (χ1n) is 4.87. The van der Waals surface area contributed by atoms with Crippen molar-refractivity contribution in [1.29, 1.82) is 0 Å². The molecule has 0 radical (unpaired) electrons. The molecule has 0 aliphatic heterocycles. The molecule has 1 rings (SSSR count). The number of hydrogen-bond donors (Lipinski definition) is 1. The second-order valence-corrected chi connectivity index (χ2v) is 3.93. The number of aromatic nitrogens is 1. The highest BCUT2D eigenvalue weighted by Crippen LogP contribution is 2.05. The van der Waals surface area contributed by atoms with Crippen molar-refractivity contribution in [3.05, 3.63) is 24.5 Å². The van der Waals surface area contributed by atoms with Crippen LogP contribution in [0.2, 0.25) is 0 Å². The molecule has 72 valence electrons. The zero-order valence-electron chi connectivity index (χ0n) is 8.91. The van der Waals surface area contributed by atoms with Gasteiger partial charge in [0.25, 0.3) is 0 Å². The van der Waals surface area contributed by atoms with Crippen molar-refractivity contribution in [3.8, 4) is 0 Å². The van der Waals surface area contributed by atoms with E-state index in [4.69, 9.17) is 0 Å². The summed E-state index contributed by atoms with van der Waals surface area (Å²) in [6.07, 6.45) is 4.24. The Morgan fingerprint density at radius 3 is 2.46 bits per heavy atom. The topological polar surface area (TPSA) is 15.9 Å². The van der Waals surface area contributed by atoms with Gasteiger partial charge in [-0.05, 0) is 33.8 Å². The van der Waals surface area contributed by atoms with Crippen molar-refractivity contribution in [2.45, 2.75) is 39.8 Å². The van der Waals surface area contributed by atoms with Gasteiger partial charge in [-0.3, -0.25) is 0 Å². The fraction of sp³-hybridized carbons (Fsp3) is 0.545. The molecule has 13 heavy (non-hydrogen) atoms. The average Bonchev–Trinajstić information content (AvgIpc) is 2.03. The van der Waals surface area contributed by atoms with Gasteiger partial charge in [-0.25, -0.2) is 4.57 Å². The van der Waals surface area contributed by atoms with Crippen LogP contribution in [0.15, 0.2) is 24.5 Å². The van der Waals surface area contributed by atoms with Gasteiger partial charge in [0, 0.05) is 12.1 Å². The zero-order chi connectivity index (χ0) is 9.84. The van der Waals surface area contributed by atoms with Crippen LogP contribution >= 0.6 is 0 Å². The molecule has 0 aliphatic rings. The molecule has 0 spiro atoms. The molecule has 1 heterocycles. The first-order chi connectivity index (χ1) is 6.09. The largest absolute Gasteiger partial charge is 0.378 e. The van der Waals surface area contributed by atoms with E-state index in [0.717, 1.165) is 0 Å². The average molecular weight is 179 g/mol. The van der Waals surface area contributed by atoms with Crippen LogP contribution in [0.25, 0.3) is 0 Å². The first kappa shape index (κ1) is 10.0. The van der Waals surface area contributed by atoms with Crippen LogP contribution in [-0.4, -0.2) is 6.04 Å². The molecule has 0 unspecified atom stereocenters. The molecule has 0 bridgehead atoms. The van der Waals surface area contributed by atoms with Gasteiger partial charge < -0.3 is 5.32 Å². The molecule has 1 N–H and O–H groups in total. The van der Waals surface area contributed by atoms with Gasteiger partial charge in [-0.15, -0.1) is 0 Å². The second kappa shape index (κ2) is 4.26. The minimum atomic E-state index is 0.489. The molecular weight excluding hydrogens is 160 g/mol. The monoisotopic (exact) mass is 179 g/mol. The highest BCUT2D eigenvalue weighted by Gasteiger charge is 2.06. The summed E-state index contributed by atoms with van der Waals surface area (Å²) in [6, 6.07) is 5.18. The summed E-state index contributed by atoms with van der Waals surface area (Å²) in [5.41, 5.74) is 1.19. The summed E-state index contributed by atoms with van der Waals surface area (Å²) >= 11 is 0. The van der Waals surface area contributed by atoms with E-state index in [-0.39, 0.29) is 0 Å². The minimum absolute atomic E-state index is 0.489. The smallest absolute Gasteiger partial charge is 0.192 e. The van der Waals surface area contributed by atoms with Crippen LogP contribution in [0, 0.1) is 0 Å². The van der Waals surface area contributed by atoms with Gasteiger partial charge >= 0.3 is 0 Å². The van der Waals surface area contributed by atoms with Crippen molar-refractivity contribution in [2.75, 3.05) is 5.32 Å². The Morgan fingerprint density at radius 2 is 1.92 bits per heavy atom. The van der Waals surface area contributed by atoms with Crippen LogP contribution in [0.3, 0.4) is 0 Å². The molecule has 0 saturated heterocycles. The fourth-order valence-corrected chi connectivity index (χ4v) is 1.23. The highest BCUT2D eigenvalue weighted by atomic mass is 15.0. The molecule has 0 aliphatic carbocycles. The molecule has 0 saturated carbocycles. The number of rotatable bonds is 3. The minimum Gasteiger partial charge on any atom is -0.378 e. The maximum Gasteiger partial charge on any atom is 0.192 e. The molecule has 0 aromatic carbocycles. The third-order valence-electron chi connectivity index (χ3n) is 1.87. The van der Waals surface area contributed by atoms with Gasteiger partial charge in [0.05, 0.1) is 5.69 Å². The Hall–Kier alpha value is -1.05. The van der Waals surface area contributed by atoms with Crippen LogP contribution < -0.4 is 9.88 Å². The lowest BCUT2D eigenvalue weighted by Gasteiger charge is -2.09. The van der Waals surface area contributed by atoms with Gasteiger partial charge in [0.2, 0.25) is 0 Å². The standard InChI is InChI=1S/C11H19N2/c1-9(2)12-11-6-5-7-13(8-11)10(3)4/h5-10,12H,1-4H3/q+1. The summed E-state index contributed by atoms with van der Waals surface area (Å²) in [5, 5.41) is 3.38. The van der Waals surface area contributed by atoms with Crippen molar-refractivity contribution >= 4 is 5.69 Å². The van der Waals surface area contributed by atoms with Gasteiger partial charge in [0.1, 0.15) is 0 Å². The summed E-state index contributed by atoms with van der Waals surface area (Å²) < 4.78 is 2.20. The Labute approximate surface area is 80.6 Å². The number of nitrogens with one attached hydrogen (secondary N) is 1. The van der Waals surface area contributed by atoms with Crippen molar-refractivity contribution in [3.63, 3.8) is 0 Å². The molecule has 0 amide bonds. The van der Waals surface area contributed by atoms with E-state index < -0.39 is 0 Å². The summed E-state index contributed by atoms with van der Waals surface area (Å²) in [4.78, 5) is 0. The quantitative estimate of drug-likeness (QED) is 0.704. The van der Waals surface area contributed by atoms with Crippen molar-refractivity contribution in [2.24, 2.45) is 0 Å². The van der Waals surface area contributed by atoms with E-state index in [9.17, 15) is 0 Å². The predicted octanol–water partition coefficient (Wildman–Crippen LogP) is 2.38. The molecule has 0 atom stereocenters. The van der Waals surface area contributed by atoms with E-state index in [0.29, 0.717) is 12.1 Å². The van der Waals surface area contributed by atoms with Crippen LogP contribution in [-0.2, 0) is 0 Å². The molecule has 2 nitrogen and oxygen atoms in total. The Balaban J connectivity index is 2.79. The molecule has 1 aromatic rings. The predicted molar refractivity (Wildman–Crippen MR) is 55.8 cm³/mol. The Kier molecular flexibility index (Phi) is 3.29. The molecule has 0 fully saturated rings.